The van der Waals surface area contributed by atoms with Crippen LogP contribution in [0, 0.1) is 5.82 Å². The Morgan fingerprint density at radius 2 is 1.83 bits per heavy atom. The lowest BCUT2D eigenvalue weighted by Crippen LogP contribution is -2.01. The highest BCUT2D eigenvalue weighted by Crippen LogP contribution is 2.39. The van der Waals surface area contributed by atoms with Gasteiger partial charge in [0.15, 0.2) is 23.1 Å². The average Bonchev–Trinajstić information content (AvgIpc) is 2.77. The van der Waals surface area contributed by atoms with Gasteiger partial charge in [0.25, 0.3) is 0 Å². The van der Waals surface area contributed by atoms with Gasteiger partial charge in [-0.1, -0.05) is 30.3 Å². The minimum Gasteiger partial charge on any atom is -0.493 e. The molecule has 3 aromatic carbocycles. The van der Waals surface area contributed by atoms with Crippen molar-refractivity contribution in [1.82, 2.24) is 0 Å². The molecule has 0 aliphatic carbocycles. The van der Waals surface area contributed by atoms with E-state index in [1.165, 1.54) is 12.1 Å². The van der Waals surface area contributed by atoms with Gasteiger partial charge in [-0.05, 0) is 43.5 Å². The lowest BCUT2D eigenvalue weighted by Gasteiger charge is -2.17. The molecule has 0 aromatic heterocycles. The van der Waals surface area contributed by atoms with Gasteiger partial charge in [0.05, 0.1) is 12.8 Å². The average molecular weight is 406 g/mol. The number of nitrogens with two attached hydrogens (primary N) is 1. The molecule has 0 spiro atoms. The highest BCUT2D eigenvalue weighted by atomic mass is 19.1. The van der Waals surface area contributed by atoms with Crippen LogP contribution in [0.1, 0.15) is 18.1 Å². The van der Waals surface area contributed by atoms with Gasteiger partial charge in [0.1, 0.15) is 12.4 Å². The van der Waals surface area contributed by atoms with E-state index in [9.17, 15) is 4.39 Å². The van der Waals surface area contributed by atoms with Crippen molar-refractivity contribution in [1.29, 1.82) is 0 Å². The van der Waals surface area contributed by atoms with E-state index in [2.05, 4.69) is 11.7 Å². The van der Waals surface area contributed by atoms with Crippen LogP contribution in [0.25, 0.3) is 5.76 Å². The molecule has 0 atom stereocenters. The number of anilines is 1. The Labute approximate surface area is 175 Å². The predicted molar refractivity (Wildman–Crippen MR) is 118 cm³/mol. The van der Waals surface area contributed by atoms with E-state index in [-0.39, 0.29) is 5.75 Å². The fourth-order valence-corrected chi connectivity index (χ4v) is 2.87. The first kappa shape index (κ1) is 20.9. The van der Waals surface area contributed by atoms with E-state index in [0.717, 1.165) is 5.56 Å². The zero-order valence-corrected chi connectivity index (χ0v) is 16.9. The fraction of sp³-hybridized carbons (Fsp3) is 0.125. The molecule has 0 bridgehead atoms. The van der Waals surface area contributed by atoms with Gasteiger partial charge in [-0.15, -0.1) is 0 Å². The summed E-state index contributed by atoms with van der Waals surface area (Å²) in [5.74, 6) is 0.901. The Bertz CT molecular complexity index is 1070. The summed E-state index contributed by atoms with van der Waals surface area (Å²) >= 11 is 0. The smallest absolute Gasteiger partial charge is 0.167 e. The third-order valence-corrected chi connectivity index (χ3v) is 4.39. The van der Waals surface area contributed by atoms with Crippen LogP contribution in [-0.2, 0) is 6.61 Å². The van der Waals surface area contributed by atoms with E-state index >= 15 is 0 Å². The number of hydrogen-bond donors (Lipinski definition) is 1. The van der Waals surface area contributed by atoms with Crippen LogP contribution in [0.15, 0.2) is 71.7 Å². The third kappa shape index (κ3) is 4.78. The van der Waals surface area contributed by atoms with Crippen LogP contribution in [0.2, 0.25) is 0 Å². The SMILES string of the molecule is C=Nc1cc(OCc2ccccc2)c(OC)cc1/C(=C\C)Oc1ccc(N)cc1F. The number of rotatable bonds is 8. The van der Waals surface area contributed by atoms with Crippen molar-refractivity contribution in [2.24, 2.45) is 4.99 Å². The Balaban J connectivity index is 1.92. The summed E-state index contributed by atoms with van der Waals surface area (Å²) in [6.45, 7) is 5.79. The molecule has 0 amide bonds. The fourth-order valence-electron chi connectivity index (χ4n) is 2.87. The molecule has 3 aromatic rings. The molecule has 0 saturated heterocycles. The molecular formula is C24H23FN2O3. The van der Waals surface area contributed by atoms with Crippen LogP contribution in [0.5, 0.6) is 17.2 Å². The molecule has 0 saturated carbocycles. The number of aliphatic imine (C=N–C) groups is 1. The summed E-state index contributed by atoms with van der Waals surface area (Å²) in [5, 5.41) is 0. The monoisotopic (exact) mass is 406 g/mol. The number of allylic oxidation sites excluding steroid dienone is 1. The molecule has 154 valence electrons. The molecule has 0 radical (unpaired) electrons. The lowest BCUT2D eigenvalue weighted by atomic mass is 10.1. The molecule has 5 nitrogen and oxygen atoms in total. The molecule has 2 N–H and O–H groups in total. The molecule has 0 aliphatic heterocycles. The predicted octanol–water partition coefficient (Wildman–Crippen LogP) is 5.77. The highest BCUT2D eigenvalue weighted by Gasteiger charge is 2.17. The first-order valence-electron chi connectivity index (χ1n) is 9.30. The summed E-state index contributed by atoms with van der Waals surface area (Å²) in [6.07, 6.45) is 1.71. The van der Waals surface area contributed by atoms with Gasteiger partial charge < -0.3 is 19.9 Å². The molecule has 0 heterocycles. The highest BCUT2D eigenvalue weighted by molar-refractivity contribution is 5.76. The number of methoxy groups -OCH3 is 1. The first-order chi connectivity index (χ1) is 14.5. The standard InChI is InChI=1S/C24H23FN2O3/c1-4-21(30-22-11-10-17(26)12-19(22)25)18-13-23(28-3)24(14-20(18)27-2)29-15-16-8-6-5-7-9-16/h4-14H,2,15,26H2,1,3H3/b21-4+. The van der Waals surface area contributed by atoms with E-state index in [1.54, 1.807) is 38.3 Å². The summed E-state index contributed by atoms with van der Waals surface area (Å²) < 4.78 is 31.4. The van der Waals surface area contributed by atoms with Gasteiger partial charge in [-0.25, -0.2) is 4.39 Å². The van der Waals surface area contributed by atoms with Crippen molar-refractivity contribution in [3.05, 3.63) is 83.7 Å². The molecule has 3 rings (SSSR count). The Morgan fingerprint density at radius 1 is 1.07 bits per heavy atom. The summed E-state index contributed by atoms with van der Waals surface area (Å²) in [4.78, 5) is 4.09. The molecule has 6 heteroatoms. The van der Waals surface area contributed by atoms with Gasteiger partial charge in [0, 0.05) is 23.4 Å². The van der Waals surface area contributed by atoms with Crippen LogP contribution in [0.4, 0.5) is 15.8 Å². The van der Waals surface area contributed by atoms with Crippen molar-refractivity contribution < 1.29 is 18.6 Å². The second-order valence-electron chi connectivity index (χ2n) is 6.40. The molecule has 0 aliphatic rings. The Kier molecular flexibility index (Phi) is 6.70. The van der Waals surface area contributed by atoms with Gasteiger partial charge in [0.2, 0.25) is 0 Å². The van der Waals surface area contributed by atoms with Crippen molar-refractivity contribution in [3.63, 3.8) is 0 Å². The van der Waals surface area contributed by atoms with E-state index in [0.29, 0.717) is 40.8 Å². The zero-order valence-electron chi connectivity index (χ0n) is 16.9. The van der Waals surface area contributed by atoms with Gasteiger partial charge in [-0.2, -0.15) is 0 Å². The van der Waals surface area contributed by atoms with Crippen molar-refractivity contribution >= 4 is 23.9 Å². The minimum atomic E-state index is -0.558. The molecule has 30 heavy (non-hydrogen) atoms. The maximum atomic E-state index is 14.2. The van der Waals surface area contributed by atoms with Crippen LogP contribution in [-0.4, -0.2) is 13.8 Å². The summed E-state index contributed by atoms with van der Waals surface area (Å²) in [7, 11) is 1.55. The van der Waals surface area contributed by atoms with E-state index < -0.39 is 5.82 Å². The molecule has 0 fully saturated rings. The normalized spacial score (nSPS) is 11.1. The molecular weight excluding hydrogens is 383 g/mol. The second-order valence-corrected chi connectivity index (χ2v) is 6.40. The van der Waals surface area contributed by atoms with Crippen molar-refractivity contribution in [3.8, 4) is 17.2 Å². The lowest BCUT2D eigenvalue weighted by molar-refractivity contribution is 0.284. The summed E-state index contributed by atoms with van der Waals surface area (Å²) in [5.41, 5.74) is 8.05. The van der Waals surface area contributed by atoms with E-state index in [1.807, 2.05) is 30.3 Å². The minimum absolute atomic E-state index is 0.0516. The number of nitrogen functional groups attached to an aromatic ring is 1. The third-order valence-electron chi connectivity index (χ3n) is 4.39. The Hall–Kier alpha value is -3.80. The van der Waals surface area contributed by atoms with E-state index in [4.69, 9.17) is 19.9 Å². The van der Waals surface area contributed by atoms with Crippen LogP contribution < -0.4 is 19.9 Å². The van der Waals surface area contributed by atoms with Gasteiger partial charge >= 0.3 is 0 Å². The topological polar surface area (TPSA) is 66.1 Å². The quantitative estimate of drug-likeness (QED) is 0.293. The first-order valence-corrected chi connectivity index (χ1v) is 9.30. The largest absolute Gasteiger partial charge is 0.493 e. The van der Waals surface area contributed by atoms with Crippen molar-refractivity contribution in [2.45, 2.75) is 13.5 Å². The number of hydrogen-bond acceptors (Lipinski definition) is 5. The number of halogens is 1. The Morgan fingerprint density at radius 3 is 2.47 bits per heavy atom. The number of benzene rings is 3. The summed E-state index contributed by atoms with van der Waals surface area (Å²) in [6, 6.07) is 17.5. The zero-order chi connectivity index (χ0) is 21.5. The van der Waals surface area contributed by atoms with Crippen LogP contribution >= 0.6 is 0 Å². The maximum absolute atomic E-state index is 14.2. The molecule has 0 unspecified atom stereocenters. The maximum Gasteiger partial charge on any atom is 0.167 e. The van der Waals surface area contributed by atoms with Crippen LogP contribution in [0.3, 0.4) is 0 Å². The number of ether oxygens (including phenoxy) is 3. The van der Waals surface area contributed by atoms with Crippen molar-refractivity contribution in [2.75, 3.05) is 12.8 Å². The number of nitrogens with zero attached hydrogens (tertiary/aromatic N) is 1. The van der Waals surface area contributed by atoms with Gasteiger partial charge in [-0.3, -0.25) is 4.99 Å². The second kappa shape index (κ2) is 9.60.